The molecule has 8 heteroatoms. The van der Waals surface area contributed by atoms with E-state index < -0.39 is 17.9 Å². The Morgan fingerprint density at radius 2 is 1.68 bits per heavy atom. The fraction of sp³-hybridized carbons (Fsp3) is 0.276. The Bertz CT molecular complexity index is 1220. The predicted molar refractivity (Wildman–Crippen MR) is 148 cm³/mol. The highest BCUT2D eigenvalue weighted by Crippen LogP contribution is 2.28. The molecule has 0 bridgehead atoms. The number of aromatic nitrogens is 1. The normalized spacial score (nSPS) is 18.3. The maximum atomic E-state index is 12.6. The van der Waals surface area contributed by atoms with Gasteiger partial charge in [0.1, 0.15) is 11.9 Å². The zero-order valence-corrected chi connectivity index (χ0v) is 21.8. The molecule has 3 N–H and O–H groups in total. The summed E-state index contributed by atoms with van der Waals surface area (Å²) in [7, 11) is 0. The lowest BCUT2D eigenvalue weighted by Crippen LogP contribution is -2.42. The number of allylic oxidation sites excluding steroid dienone is 1. The van der Waals surface area contributed by atoms with Gasteiger partial charge in [0, 0.05) is 18.7 Å². The van der Waals surface area contributed by atoms with E-state index in [-0.39, 0.29) is 22.0 Å². The number of benzene rings is 2. The number of carbonyl (C=O) groups is 2. The third-order valence-corrected chi connectivity index (χ3v) is 7.19. The number of hydrogen-bond acceptors (Lipinski definition) is 4. The van der Waals surface area contributed by atoms with Crippen LogP contribution < -0.4 is 10.6 Å². The molecule has 1 saturated carbocycles. The van der Waals surface area contributed by atoms with Gasteiger partial charge in [-0.05, 0) is 67.0 Å². The second-order valence-electron chi connectivity index (χ2n) is 9.24. The standard InChI is InChI=1S/C29H29Cl2N3O3/c30-23-4-3-5-24(31)27(23)28(35)34-25(29(36)37)18-21-11-9-19(10-12-21)7-8-20-13-15-22(16-14-20)33-26-6-1-2-17-32-26/h1-12,17,20,22,25H,13-16,18H2,(H,32,33)(H,34,35)(H,36,37)/b8-7+/t20-,22+,25-/m0/s1. The van der Waals surface area contributed by atoms with Crippen LogP contribution in [0.25, 0.3) is 6.08 Å². The van der Waals surface area contributed by atoms with Gasteiger partial charge in [-0.2, -0.15) is 0 Å². The molecule has 0 aliphatic heterocycles. The summed E-state index contributed by atoms with van der Waals surface area (Å²) in [5, 5.41) is 16.0. The second kappa shape index (κ2) is 12.7. The molecule has 1 aliphatic carbocycles. The van der Waals surface area contributed by atoms with Gasteiger partial charge >= 0.3 is 5.97 Å². The Hall–Kier alpha value is -3.35. The van der Waals surface area contributed by atoms with Gasteiger partial charge in [-0.15, -0.1) is 0 Å². The lowest BCUT2D eigenvalue weighted by atomic mass is 9.85. The monoisotopic (exact) mass is 537 g/mol. The number of aliphatic carboxylic acids is 1. The summed E-state index contributed by atoms with van der Waals surface area (Å²) < 4.78 is 0. The molecule has 4 rings (SSSR count). The van der Waals surface area contributed by atoms with Crippen molar-refractivity contribution in [2.24, 2.45) is 5.92 Å². The van der Waals surface area contributed by atoms with Crippen molar-refractivity contribution in [1.82, 2.24) is 10.3 Å². The van der Waals surface area contributed by atoms with Crippen LogP contribution in [-0.4, -0.2) is 34.1 Å². The molecule has 1 fully saturated rings. The minimum absolute atomic E-state index is 0.0686. The number of halogens is 2. The van der Waals surface area contributed by atoms with Crippen LogP contribution >= 0.6 is 23.2 Å². The molecule has 1 amide bonds. The Morgan fingerprint density at radius 3 is 2.30 bits per heavy atom. The van der Waals surface area contributed by atoms with Crippen molar-refractivity contribution in [3.63, 3.8) is 0 Å². The number of anilines is 1. The van der Waals surface area contributed by atoms with Crippen molar-refractivity contribution in [2.45, 2.75) is 44.2 Å². The van der Waals surface area contributed by atoms with E-state index in [1.165, 1.54) is 12.1 Å². The summed E-state index contributed by atoms with van der Waals surface area (Å²) in [6, 6.07) is 17.6. The van der Waals surface area contributed by atoms with E-state index >= 15 is 0 Å². The third-order valence-electron chi connectivity index (χ3n) is 6.56. The van der Waals surface area contributed by atoms with Crippen LogP contribution in [0.3, 0.4) is 0 Å². The van der Waals surface area contributed by atoms with Gasteiger partial charge in [0.15, 0.2) is 0 Å². The first-order chi connectivity index (χ1) is 17.9. The number of hydrogen-bond donors (Lipinski definition) is 3. The van der Waals surface area contributed by atoms with Crippen LogP contribution in [0.4, 0.5) is 5.82 Å². The average Bonchev–Trinajstić information content (AvgIpc) is 2.89. The van der Waals surface area contributed by atoms with Crippen LogP contribution in [0.2, 0.25) is 10.0 Å². The molecular weight excluding hydrogens is 509 g/mol. The van der Waals surface area contributed by atoms with Crippen LogP contribution in [0.15, 0.2) is 72.9 Å². The quantitative estimate of drug-likeness (QED) is 0.289. The topological polar surface area (TPSA) is 91.3 Å². The number of pyridine rings is 1. The van der Waals surface area contributed by atoms with Gasteiger partial charge in [0.25, 0.3) is 5.91 Å². The third kappa shape index (κ3) is 7.57. The number of carbonyl (C=O) groups excluding carboxylic acids is 1. The molecule has 192 valence electrons. The first-order valence-corrected chi connectivity index (χ1v) is 13.1. The van der Waals surface area contributed by atoms with E-state index in [9.17, 15) is 14.7 Å². The number of nitrogens with zero attached hydrogens (tertiary/aromatic N) is 1. The molecule has 1 atom stereocenters. The summed E-state index contributed by atoms with van der Waals surface area (Å²) in [6.07, 6.45) is 10.8. The van der Waals surface area contributed by atoms with Crippen molar-refractivity contribution >= 4 is 47.0 Å². The van der Waals surface area contributed by atoms with Gasteiger partial charge in [0.05, 0.1) is 15.6 Å². The van der Waals surface area contributed by atoms with Crippen molar-refractivity contribution in [3.05, 3.63) is 99.7 Å². The van der Waals surface area contributed by atoms with E-state index in [0.717, 1.165) is 42.6 Å². The van der Waals surface area contributed by atoms with E-state index in [0.29, 0.717) is 12.0 Å². The molecule has 0 saturated heterocycles. The fourth-order valence-electron chi connectivity index (χ4n) is 4.51. The zero-order chi connectivity index (χ0) is 26.2. The summed E-state index contributed by atoms with van der Waals surface area (Å²) in [4.78, 5) is 28.8. The molecule has 2 aromatic carbocycles. The average molecular weight is 538 g/mol. The minimum Gasteiger partial charge on any atom is -0.480 e. The molecule has 1 heterocycles. The van der Waals surface area contributed by atoms with Crippen LogP contribution in [-0.2, 0) is 11.2 Å². The Balaban J connectivity index is 1.29. The van der Waals surface area contributed by atoms with E-state index in [4.69, 9.17) is 23.2 Å². The van der Waals surface area contributed by atoms with Crippen molar-refractivity contribution in [2.75, 3.05) is 5.32 Å². The molecular formula is C29H29Cl2N3O3. The zero-order valence-electron chi connectivity index (χ0n) is 20.2. The summed E-state index contributed by atoms with van der Waals surface area (Å²) >= 11 is 12.2. The van der Waals surface area contributed by atoms with Crippen LogP contribution in [0.5, 0.6) is 0 Å². The number of amides is 1. The summed E-state index contributed by atoms with van der Waals surface area (Å²) in [6.45, 7) is 0. The van der Waals surface area contributed by atoms with E-state index in [2.05, 4.69) is 27.8 Å². The van der Waals surface area contributed by atoms with Gasteiger partial charge < -0.3 is 15.7 Å². The first kappa shape index (κ1) is 26.7. The number of carboxylic acids is 1. The van der Waals surface area contributed by atoms with Crippen molar-refractivity contribution in [1.29, 1.82) is 0 Å². The van der Waals surface area contributed by atoms with Crippen LogP contribution in [0, 0.1) is 5.92 Å². The molecule has 37 heavy (non-hydrogen) atoms. The smallest absolute Gasteiger partial charge is 0.326 e. The second-order valence-corrected chi connectivity index (χ2v) is 10.1. The summed E-state index contributed by atoms with van der Waals surface area (Å²) in [5.74, 6) is -0.287. The molecule has 0 unspecified atom stereocenters. The predicted octanol–water partition coefficient (Wildman–Crippen LogP) is 6.50. The van der Waals surface area contributed by atoms with Gasteiger partial charge in [-0.25, -0.2) is 9.78 Å². The van der Waals surface area contributed by atoms with Crippen LogP contribution in [0.1, 0.15) is 47.2 Å². The molecule has 3 aromatic rings. The van der Waals surface area contributed by atoms with Gasteiger partial charge in [0.2, 0.25) is 0 Å². The Morgan fingerprint density at radius 1 is 0.973 bits per heavy atom. The highest BCUT2D eigenvalue weighted by atomic mass is 35.5. The van der Waals surface area contributed by atoms with E-state index in [1.54, 1.807) is 12.3 Å². The molecule has 1 aliphatic rings. The molecule has 6 nitrogen and oxygen atoms in total. The summed E-state index contributed by atoms with van der Waals surface area (Å²) in [5.41, 5.74) is 1.92. The van der Waals surface area contributed by atoms with Crippen molar-refractivity contribution in [3.8, 4) is 0 Å². The first-order valence-electron chi connectivity index (χ1n) is 12.3. The largest absolute Gasteiger partial charge is 0.480 e. The van der Waals surface area contributed by atoms with Gasteiger partial charge in [-0.3, -0.25) is 4.79 Å². The number of carboxylic acid groups (broad SMARTS) is 1. The lowest BCUT2D eigenvalue weighted by molar-refractivity contribution is -0.139. The fourth-order valence-corrected chi connectivity index (χ4v) is 5.08. The highest BCUT2D eigenvalue weighted by Gasteiger charge is 2.24. The number of rotatable bonds is 9. The maximum Gasteiger partial charge on any atom is 0.326 e. The molecule has 1 aromatic heterocycles. The SMILES string of the molecule is O=C(N[C@@H](Cc1ccc(/C=C/[C@H]2CC[C@@H](Nc3ccccn3)CC2)cc1)C(=O)O)c1c(Cl)cccc1Cl. The van der Waals surface area contributed by atoms with Gasteiger partial charge in [-0.1, -0.05) is 71.8 Å². The number of nitrogens with one attached hydrogen (secondary N) is 2. The highest BCUT2D eigenvalue weighted by molar-refractivity contribution is 6.39. The lowest BCUT2D eigenvalue weighted by Gasteiger charge is -2.27. The Kier molecular flexibility index (Phi) is 9.20. The van der Waals surface area contributed by atoms with Crippen molar-refractivity contribution < 1.29 is 14.7 Å². The Labute approximate surface area is 226 Å². The molecule has 0 radical (unpaired) electrons. The minimum atomic E-state index is -1.13. The maximum absolute atomic E-state index is 12.6. The van der Waals surface area contributed by atoms with E-state index in [1.807, 2.05) is 42.5 Å². The molecule has 0 spiro atoms.